The molecule has 2 aliphatic heterocycles. The van der Waals surface area contributed by atoms with E-state index in [1.807, 2.05) is 12.1 Å². The molecule has 2 heterocycles. The zero-order valence-electron chi connectivity index (χ0n) is 21.6. The van der Waals surface area contributed by atoms with Crippen LogP contribution in [0.5, 0.6) is 5.75 Å². The number of likely N-dealkylation sites (tertiary alicyclic amines) is 1. The summed E-state index contributed by atoms with van der Waals surface area (Å²) in [6.07, 6.45) is 3.10. The minimum Gasteiger partial charge on any atom is -0.489 e. The first-order valence-electron chi connectivity index (χ1n) is 13.1. The van der Waals surface area contributed by atoms with E-state index in [1.165, 1.54) is 18.4 Å². The third kappa shape index (κ3) is 4.83. The summed E-state index contributed by atoms with van der Waals surface area (Å²) in [6.45, 7) is 10.5. The van der Waals surface area contributed by atoms with E-state index in [-0.39, 0.29) is 23.9 Å². The maximum Gasteiger partial charge on any atom is 0.255 e. The lowest BCUT2D eigenvalue weighted by molar-refractivity contribution is -0.138. The molecule has 2 aromatic rings. The lowest BCUT2D eigenvalue weighted by Gasteiger charge is -2.39. The average Bonchev–Trinajstić information content (AvgIpc) is 3.20. The van der Waals surface area contributed by atoms with Crippen molar-refractivity contribution in [3.05, 3.63) is 64.7 Å². The van der Waals surface area contributed by atoms with Gasteiger partial charge in [-0.25, -0.2) is 0 Å². The van der Waals surface area contributed by atoms with E-state index in [1.54, 1.807) is 17.9 Å². The molecule has 190 valence electrons. The standard InChI is InChI=1S/C30H36N2O4/c1-29(2)13-15-31(16-14-29)18-21-7-9-22(10-8-21)20-36-26-6-4-5-24-25(26)19-32(28(24)35)30(3)12-11-23(33)17-27(30)34/h4-10H,11-20H2,1-3H3/t30-/m0/s1. The molecule has 0 unspecified atom stereocenters. The van der Waals surface area contributed by atoms with Gasteiger partial charge in [0, 0.05) is 24.1 Å². The Balaban J connectivity index is 1.22. The van der Waals surface area contributed by atoms with Gasteiger partial charge >= 0.3 is 0 Å². The molecule has 1 amide bonds. The number of amides is 1. The molecule has 6 nitrogen and oxygen atoms in total. The van der Waals surface area contributed by atoms with Crippen molar-refractivity contribution in [2.75, 3.05) is 13.1 Å². The molecular formula is C30H36N2O4. The molecule has 1 atom stereocenters. The van der Waals surface area contributed by atoms with Crippen molar-refractivity contribution in [3.8, 4) is 5.75 Å². The van der Waals surface area contributed by atoms with Crippen LogP contribution in [0.25, 0.3) is 0 Å². The molecule has 2 aromatic carbocycles. The molecule has 0 radical (unpaired) electrons. The maximum absolute atomic E-state index is 13.2. The van der Waals surface area contributed by atoms with Crippen molar-refractivity contribution in [1.82, 2.24) is 9.80 Å². The minimum atomic E-state index is -0.943. The number of piperidine rings is 1. The van der Waals surface area contributed by atoms with Crippen LogP contribution in [0.3, 0.4) is 0 Å². The maximum atomic E-state index is 13.2. The normalized spacial score (nSPS) is 24.2. The summed E-state index contributed by atoms with van der Waals surface area (Å²) in [7, 11) is 0. The van der Waals surface area contributed by atoms with Gasteiger partial charge < -0.3 is 9.64 Å². The van der Waals surface area contributed by atoms with E-state index < -0.39 is 5.54 Å². The third-order valence-electron chi connectivity index (χ3n) is 8.40. The van der Waals surface area contributed by atoms with Crippen LogP contribution in [-0.4, -0.2) is 45.9 Å². The quantitative estimate of drug-likeness (QED) is 0.540. The number of rotatable bonds is 6. The highest BCUT2D eigenvalue weighted by Gasteiger charge is 2.48. The van der Waals surface area contributed by atoms with Crippen LogP contribution in [0.1, 0.15) is 79.9 Å². The van der Waals surface area contributed by atoms with E-state index in [9.17, 15) is 14.4 Å². The lowest BCUT2D eigenvalue weighted by Crippen LogP contribution is -2.55. The summed E-state index contributed by atoms with van der Waals surface area (Å²) in [6, 6.07) is 14.1. The zero-order valence-corrected chi connectivity index (χ0v) is 21.6. The summed E-state index contributed by atoms with van der Waals surface area (Å²) >= 11 is 0. The van der Waals surface area contributed by atoms with E-state index in [0.29, 0.717) is 42.7 Å². The molecule has 0 spiro atoms. The van der Waals surface area contributed by atoms with Crippen LogP contribution in [0.2, 0.25) is 0 Å². The Bertz CT molecular complexity index is 1180. The average molecular weight is 489 g/mol. The van der Waals surface area contributed by atoms with Gasteiger partial charge in [0.05, 0.1) is 13.0 Å². The van der Waals surface area contributed by atoms with Gasteiger partial charge in [-0.1, -0.05) is 44.2 Å². The topological polar surface area (TPSA) is 66.9 Å². The zero-order chi connectivity index (χ0) is 25.5. The summed E-state index contributed by atoms with van der Waals surface area (Å²) in [5.74, 6) is 0.296. The molecule has 3 aliphatic rings. The molecule has 2 fully saturated rings. The Morgan fingerprint density at radius 2 is 1.58 bits per heavy atom. The number of carbonyl (C=O) groups is 3. The van der Waals surface area contributed by atoms with Crippen molar-refractivity contribution in [2.45, 2.75) is 78.1 Å². The van der Waals surface area contributed by atoms with Crippen molar-refractivity contribution in [1.29, 1.82) is 0 Å². The van der Waals surface area contributed by atoms with Gasteiger partial charge in [0.1, 0.15) is 23.7 Å². The van der Waals surface area contributed by atoms with Crippen LogP contribution >= 0.6 is 0 Å². The number of ether oxygens (including phenoxy) is 1. The predicted octanol–water partition coefficient (Wildman–Crippen LogP) is 4.92. The van der Waals surface area contributed by atoms with Gasteiger partial charge in [-0.15, -0.1) is 0 Å². The molecule has 5 rings (SSSR count). The van der Waals surface area contributed by atoms with Gasteiger partial charge in [-0.3, -0.25) is 19.3 Å². The third-order valence-corrected chi connectivity index (χ3v) is 8.40. The lowest BCUT2D eigenvalue weighted by atomic mass is 9.80. The SMILES string of the molecule is CC1(C)CCN(Cc2ccc(COc3cccc4c3CN([C@@]3(C)CCC(=O)CC3=O)C4=O)cc2)CC1. The first-order valence-corrected chi connectivity index (χ1v) is 13.1. The number of hydrogen-bond acceptors (Lipinski definition) is 5. The number of nitrogens with zero attached hydrogens (tertiary/aromatic N) is 2. The number of ketones is 2. The van der Waals surface area contributed by atoms with E-state index >= 15 is 0 Å². The van der Waals surface area contributed by atoms with E-state index in [2.05, 4.69) is 43.0 Å². The molecule has 0 N–H and O–H groups in total. The highest BCUT2D eigenvalue weighted by molar-refractivity contribution is 6.09. The van der Waals surface area contributed by atoms with Crippen molar-refractivity contribution in [2.24, 2.45) is 5.41 Å². The summed E-state index contributed by atoms with van der Waals surface area (Å²) in [5.41, 5.74) is 3.30. The molecule has 1 saturated carbocycles. The van der Waals surface area contributed by atoms with Crippen LogP contribution < -0.4 is 4.74 Å². The molecule has 36 heavy (non-hydrogen) atoms. The largest absolute Gasteiger partial charge is 0.489 e. The Labute approximate surface area is 213 Å². The van der Waals surface area contributed by atoms with Crippen molar-refractivity contribution >= 4 is 17.5 Å². The van der Waals surface area contributed by atoms with Crippen molar-refractivity contribution < 1.29 is 19.1 Å². The van der Waals surface area contributed by atoms with Crippen LogP contribution in [0, 0.1) is 5.41 Å². The molecule has 1 saturated heterocycles. The highest BCUT2D eigenvalue weighted by atomic mass is 16.5. The number of hydrogen-bond donors (Lipinski definition) is 0. The number of benzene rings is 2. The molecule has 0 aromatic heterocycles. The molecular weight excluding hydrogens is 452 g/mol. The van der Waals surface area contributed by atoms with Gasteiger partial charge in [-0.05, 0) is 68.0 Å². The van der Waals surface area contributed by atoms with Crippen LogP contribution in [0.4, 0.5) is 0 Å². The smallest absolute Gasteiger partial charge is 0.255 e. The Morgan fingerprint density at radius 1 is 0.889 bits per heavy atom. The van der Waals surface area contributed by atoms with Crippen molar-refractivity contribution in [3.63, 3.8) is 0 Å². The fraction of sp³-hybridized carbons (Fsp3) is 0.500. The summed E-state index contributed by atoms with van der Waals surface area (Å²) in [4.78, 5) is 41.9. The second-order valence-electron chi connectivity index (χ2n) is 11.6. The van der Waals surface area contributed by atoms with Crippen LogP contribution in [0.15, 0.2) is 42.5 Å². The van der Waals surface area contributed by atoms with E-state index in [4.69, 9.17) is 4.74 Å². The Kier molecular flexibility index (Phi) is 6.50. The first kappa shape index (κ1) is 24.7. The monoisotopic (exact) mass is 488 g/mol. The predicted molar refractivity (Wildman–Crippen MR) is 138 cm³/mol. The molecule has 1 aliphatic carbocycles. The van der Waals surface area contributed by atoms with Gasteiger partial charge in [-0.2, -0.15) is 0 Å². The van der Waals surface area contributed by atoms with Gasteiger partial charge in [0.15, 0.2) is 5.78 Å². The Morgan fingerprint density at radius 3 is 2.28 bits per heavy atom. The molecule has 0 bridgehead atoms. The summed E-state index contributed by atoms with van der Waals surface area (Å²) < 4.78 is 6.18. The Hall–Kier alpha value is -2.99. The van der Waals surface area contributed by atoms with Crippen LogP contribution in [-0.2, 0) is 29.3 Å². The second-order valence-corrected chi connectivity index (χ2v) is 11.6. The minimum absolute atomic E-state index is 0.0449. The van der Waals surface area contributed by atoms with E-state index in [0.717, 1.165) is 30.8 Å². The second kappa shape index (κ2) is 9.47. The molecule has 6 heteroatoms. The fourth-order valence-corrected chi connectivity index (χ4v) is 5.58. The highest BCUT2D eigenvalue weighted by Crippen LogP contribution is 2.39. The number of carbonyl (C=O) groups excluding carboxylic acids is 3. The number of fused-ring (bicyclic) bond motifs is 1. The van der Waals surface area contributed by atoms with Gasteiger partial charge in [0.25, 0.3) is 5.91 Å². The first-order chi connectivity index (χ1) is 17.1. The fourth-order valence-electron chi connectivity index (χ4n) is 5.58. The van der Waals surface area contributed by atoms with Gasteiger partial charge in [0.2, 0.25) is 0 Å². The summed E-state index contributed by atoms with van der Waals surface area (Å²) in [5, 5.41) is 0. The number of Topliss-reactive ketones (excluding diaryl/α,β-unsaturated/α-hetero) is 2.